The van der Waals surface area contributed by atoms with E-state index in [9.17, 15) is 0 Å². The molecule has 1 aromatic heterocycles. The number of pyridine rings is 1. The fraction of sp³-hybridized carbons (Fsp3) is 0.615. The molecule has 0 bridgehead atoms. The number of nitrogens with zero attached hydrogens (tertiary/aromatic N) is 1. The minimum atomic E-state index is 0.566. The third-order valence-electron chi connectivity index (χ3n) is 3.53. The van der Waals surface area contributed by atoms with Gasteiger partial charge in [-0.3, -0.25) is 0 Å². The molecule has 1 aliphatic rings. The van der Waals surface area contributed by atoms with Gasteiger partial charge in [-0.2, -0.15) is 0 Å². The number of hydrogen-bond donors (Lipinski definition) is 1. The fourth-order valence-corrected chi connectivity index (χ4v) is 2.42. The zero-order valence-corrected chi connectivity index (χ0v) is 10.9. The molecule has 0 saturated heterocycles. The van der Waals surface area contributed by atoms with Gasteiger partial charge < -0.3 is 5.32 Å². The molecule has 0 atom stereocenters. The van der Waals surface area contributed by atoms with E-state index in [1.165, 1.54) is 12.8 Å². The second kappa shape index (κ2) is 4.62. The van der Waals surface area contributed by atoms with Gasteiger partial charge >= 0.3 is 0 Å². The molecular weight excluding hydrogens is 220 g/mol. The van der Waals surface area contributed by atoms with Crippen LogP contribution in [0.25, 0.3) is 0 Å². The number of nitrogens with one attached hydrogen (secondary N) is 1. The summed E-state index contributed by atoms with van der Waals surface area (Å²) in [7, 11) is 0. The van der Waals surface area contributed by atoms with Gasteiger partial charge in [0.2, 0.25) is 0 Å². The monoisotopic (exact) mass is 238 g/mol. The summed E-state index contributed by atoms with van der Waals surface area (Å²) in [5.41, 5.74) is 2.11. The van der Waals surface area contributed by atoms with Gasteiger partial charge in [0.05, 0.1) is 11.4 Å². The molecule has 2 nitrogen and oxygen atoms in total. The molecule has 1 fully saturated rings. The average Bonchev–Trinajstić information content (AvgIpc) is 2.12. The van der Waals surface area contributed by atoms with E-state index in [0.717, 1.165) is 23.2 Å². The van der Waals surface area contributed by atoms with Crippen molar-refractivity contribution in [3.05, 3.63) is 23.0 Å². The molecule has 1 aliphatic carbocycles. The predicted molar refractivity (Wildman–Crippen MR) is 69.0 cm³/mol. The van der Waals surface area contributed by atoms with Gasteiger partial charge in [-0.15, -0.1) is 0 Å². The van der Waals surface area contributed by atoms with Gasteiger partial charge in [0.15, 0.2) is 0 Å². The van der Waals surface area contributed by atoms with E-state index in [0.29, 0.717) is 11.2 Å². The molecule has 1 saturated carbocycles. The standard InChI is InChI=1S/C13H19ClN2/c1-8(2)10-6-11(7-10)16-12-4-5-13(14)15-9(12)3/h4-5,8,10-11,16H,6-7H2,1-3H3. The van der Waals surface area contributed by atoms with Crippen LogP contribution < -0.4 is 5.32 Å². The van der Waals surface area contributed by atoms with Crippen LogP contribution in [-0.4, -0.2) is 11.0 Å². The summed E-state index contributed by atoms with van der Waals surface area (Å²) in [6, 6.07) is 4.48. The molecule has 16 heavy (non-hydrogen) atoms. The summed E-state index contributed by atoms with van der Waals surface area (Å²) in [5.74, 6) is 1.69. The number of anilines is 1. The normalized spacial score (nSPS) is 24.3. The van der Waals surface area contributed by atoms with Crippen molar-refractivity contribution in [1.82, 2.24) is 4.98 Å². The Bertz CT molecular complexity index is 370. The zero-order valence-electron chi connectivity index (χ0n) is 10.1. The maximum absolute atomic E-state index is 5.83. The van der Waals surface area contributed by atoms with Crippen LogP contribution in [0.1, 0.15) is 32.4 Å². The first-order valence-corrected chi connectivity index (χ1v) is 6.33. The van der Waals surface area contributed by atoms with E-state index >= 15 is 0 Å². The summed E-state index contributed by atoms with van der Waals surface area (Å²) >= 11 is 5.83. The molecule has 1 heterocycles. The Morgan fingerprint density at radius 2 is 2.06 bits per heavy atom. The molecular formula is C13H19ClN2. The molecule has 1 aromatic rings. The van der Waals surface area contributed by atoms with Crippen LogP contribution in [0.5, 0.6) is 0 Å². The first-order valence-electron chi connectivity index (χ1n) is 5.96. The van der Waals surface area contributed by atoms with Crippen molar-refractivity contribution in [3.63, 3.8) is 0 Å². The number of aromatic nitrogens is 1. The fourth-order valence-electron chi connectivity index (χ4n) is 2.23. The van der Waals surface area contributed by atoms with Crippen molar-refractivity contribution in [3.8, 4) is 0 Å². The number of rotatable bonds is 3. The van der Waals surface area contributed by atoms with E-state index in [4.69, 9.17) is 11.6 Å². The van der Waals surface area contributed by atoms with Gasteiger partial charge in [0, 0.05) is 6.04 Å². The minimum absolute atomic E-state index is 0.566. The highest BCUT2D eigenvalue weighted by Crippen LogP contribution is 2.35. The molecule has 1 N–H and O–H groups in total. The van der Waals surface area contributed by atoms with Crippen LogP contribution in [0.3, 0.4) is 0 Å². The van der Waals surface area contributed by atoms with Crippen LogP contribution in [0.2, 0.25) is 5.15 Å². The lowest BCUT2D eigenvalue weighted by molar-refractivity contribution is 0.211. The summed E-state index contributed by atoms with van der Waals surface area (Å²) in [6.45, 7) is 6.60. The molecule has 0 spiro atoms. The van der Waals surface area contributed by atoms with Crippen molar-refractivity contribution >= 4 is 17.3 Å². The van der Waals surface area contributed by atoms with E-state index in [1.54, 1.807) is 0 Å². The summed E-state index contributed by atoms with van der Waals surface area (Å²) < 4.78 is 0. The SMILES string of the molecule is Cc1nc(Cl)ccc1NC1CC(C(C)C)C1. The molecule has 0 aliphatic heterocycles. The topological polar surface area (TPSA) is 24.9 Å². The lowest BCUT2D eigenvalue weighted by Crippen LogP contribution is -2.38. The molecule has 3 heteroatoms. The van der Waals surface area contributed by atoms with Crippen LogP contribution in [0.4, 0.5) is 5.69 Å². The number of hydrogen-bond acceptors (Lipinski definition) is 2. The van der Waals surface area contributed by atoms with Gasteiger partial charge in [-0.05, 0) is 43.7 Å². The highest BCUT2D eigenvalue weighted by atomic mass is 35.5. The Morgan fingerprint density at radius 1 is 1.38 bits per heavy atom. The van der Waals surface area contributed by atoms with Gasteiger partial charge in [0.1, 0.15) is 5.15 Å². The van der Waals surface area contributed by atoms with E-state index in [1.807, 2.05) is 19.1 Å². The summed E-state index contributed by atoms with van der Waals surface area (Å²) in [6.07, 6.45) is 2.56. The van der Waals surface area contributed by atoms with E-state index in [-0.39, 0.29) is 0 Å². The zero-order chi connectivity index (χ0) is 11.7. The van der Waals surface area contributed by atoms with Gasteiger partial charge in [-0.1, -0.05) is 25.4 Å². The Morgan fingerprint density at radius 3 is 2.62 bits per heavy atom. The largest absolute Gasteiger partial charge is 0.381 e. The second-order valence-corrected chi connectivity index (χ2v) is 5.47. The van der Waals surface area contributed by atoms with E-state index in [2.05, 4.69) is 24.1 Å². The average molecular weight is 239 g/mol. The quantitative estimate of drug-likeness (QED) is 0.809. The lowest BCUT2D eigenvalue weighted by Gasteiger charge is -2.39. The molecule has 0 amide bonds. The Balaban J connectivity index is 1.91. The Kier molecular flexibility index (Phi) is 3.38. The van der Waals surface area contributed by atoms with Crippen LogP contribution in [0, 0.1) is 18.8 Å². The van der Waals surface area contributed by atoms with Crippen LogP contribution in [0.15, 0.2) is 12.1 Å². The predicted octanol–water partition coefficient (Wildman–Crippen LogP) is 3.89. The molecule has 0 aromatic carbocycles. The first-order chi connectivity index (χ1) is 7.56. The van der Waals surface area contributed by atoms with Crippen molar-refractivity contribution in [1.29, 1.82) is 0 Å². The summed E-state index contributed by atoms with van der Waals surface area (Å²) in [4.78, 5) is 4.24. The van der Waals surface area contributed by atoms with Gasteiger partial charge in [-0.25, -0.2) is 4.98 Å². The van der Waals surface area contributed by atoms with E-state index < -0.39 is 0 Å². The third kappa shape index (κ3) is 2.49. The van der Waals surface area contributed by atoms with Crippen LogP contribution in [-0.2, 0) is 0 Å². The number of halogens is 1. The van der Waals surface area contributed by atoms with Crippen LogP contribution >= 0.6 is 11.6 Å². The third-order valence-corrected chi connectivity index (χ3v) is 3.74. The second-order valence-electron chi connectivity index (χ2n) is 5.08. The highest BCUT2D eigenvalue weighted by Gasteiger charge is 2.31. The maximum atomic E-state index is 5.83. The molecule has 0 radical (unpaired) electrons. The lowest BCUT2D eigenvalue weighted by atomic mass is 9.73. The van der Waals surface area contributed by atoms with Crippen molar-refractivity contribution in [2.24, 2.45) is 11.8 Å². The molecule has 2 rings (SSSR count). The Hall–Kier alpha value is -0.760. The minimum Gasteiger partial charge on any atom is -0.381 e. The molecule has 88 valence electrons. The maximum Gasteiger partial charge on any atom is 0.129 e. The smallest absolute Gasteiger partial charge is 0.129 e. The molecule has 0 unspecified atom stereocenters. The highest BCUT2D eigenvalue weighted by molar-refractivity contribution is 6.29. The first kappa shape index (κ1) is 11.7. The van der Waals surface area contributed by atoms with Crippen molar-refractivity contribution in [2.75, 3.05) is 5.32 Å². The van der Waals surface area contributed by atoms with Crippen molar-refractivity contribution in [2.45, 2.75) is 39.7 Å². The van der Waals surface area contributed by atoms with Gasteiger partial charge in [0.25, 0.3) is 0 Å². The Labute approximate surface area is 102 Å². The van der Waals surface area contributed by atoms with Crippen molar-refractivity contribution < 1.29 is 0 Å². The summed E-state index contributed by atoms with van der Waals surface area (Å²) in [5, 5.41) is 4.10. The number of aryl methyl sites for hydroxylation is 1.